The van der Waals surface area contributed by atoms with Crippen molar-refractivity contribution in [1.82, 2.24) is 10.2 Å². The molecule has 1 unspecified atom stereocenters. The molecule has 1 aliphatic rings. The summed E-state index contributed by atoms with van der Waals surface area (Å²) in [6.07, 6.45) is 4.99. The Labute approximate surface area is 110 Å². The maximum absolute atomic E-state index is 11.9. The van der Waals surface area contributed by atoms with Gasteiger partial charge in [0.05, 0.1) is 12.6 Å². The van der Waals surface area contributed by atoms with Crippen molar-refractivity contribution >= 4 is 11.7 Å². The van der Waals surface area contributed by atoms with Gasteiger partial charge in [-0.15, -0.1) is 0 Å². The maximum Gasteiger partial charge on any atom is 0.234 e. The molecule has 1 fully saturated rings. The highest BCUT2D eigenvalue weighted by Crippen LogP contribution is 2.17. The van der Waals surface area contributed by atoms with Crippen LogP contribution in [-0.2, 0) is 9.59 Å². The predicted octanol–water partition coefficient (Wildman–Crippen LogP) is 1.73. The molecule has 4 nitrogen and oxygen atoms in total. The Balaban J connectivity index is 2.48. The van der Waals surface area contributed by atoms with Crippen LogP contribution in [0.3, 0.4) is 0 Å². The van der Waals surface area contributed by atoms with E-state index < -0.39 is 0 Å². The van der Waals surface area contributed by atoms with Gasteiger partial charge in [-0.1, -0.05) is 20.3 Å². The molecule has 0 aromatic rings. The second-order valence-electron chi connectivity index (χ2n) is 5.17. The van der Waals surface area contributed by atoms with Crippen molar-refractivity contribution in [2.24, 2.45) is 0 Å². The van der Waals surface area contributed by atoms with E-state index in [1.165, 1.54) is 0 Å². The van der Waals surface area contributed by atoms with Crippen LogP contribution in [0.25, 0.3) is 0 Å². The van der Waals surface area contributed by atoms with E-state index >= 15 is 0 Å². The lowest BCUT2D eigenvalue weighted by Gasteiger charge is -2.33. The molecule has 1 rings (SSSR count). The molecular formula is C14H26N2O2. The molecule has 104 valence electrons. The van der Waals surface area contributed by atoms with Crippen molar-refractivity contribution in [3.63, 3.8) is 0 Å². The molecule has 4 heteroatoms. The third-order valence-electron chi connectivity index (χ3n) is 3.78. The summed E-state index contributed by atoms with van der Waals surface area (Å²) < 4.78 is 0. The minimum absolute atomic E-state index is 0.0498. The van der Waals surface area contributed by atoms with Crippen molar-refractivity contribution in [2.45, 2.75) is 65.0 Å². The van der Waals surface area contributed by atoms with Gasteiger partial charge >= 0.3 is 0 Å². The van der Waals surface area contributed by atoms with E-state index in [1.807, 2.05) is 4.90 Å². The number of carbonyl (C=O) groups is 2. The Hall–Kier alpha value is -0.900. The van der Waals surface area contributed by atoms with Gasteiger partial charge in [-0.25, -0.2) is 0 Å². The van der Waals surface area contributed by atoms with Gasteiger partial charge in [-0.3, -0.25) is 14.5 Å². The smallest absolute Gasteiger partial charge is 0.234 e. The fraction of sp³-hybridized carbons (Fsp3) is 0.857. The molecule has 0 bridgehead atoms. The molecular weight excluding hydrogens is 228 g/mol. The molecule has 1 saturated heterocycles. The first kappa shape index (κ1) is 15.2. The summed E-state index contributed by atoms with van der Waals surface area (Å²) in [4.78, 5) is 25.5. The summed E-state index contributed by atoms with van der Waals surface area (Å²) >= 11 is 0. The van der Waals surface area contributed by atoms with Gasteiger partial charge in [0.2, 0.25) is 5.91 Å². The summed E-state index contributed by atoms with van der Waals surface area (Å²) in [6.45, 7) is 7.00. The fourth-order valence-electron chi connectivity index (χ4n) is 2.59. The zero-order valence-corrected chi connectivity index (χ0v) is 11.9. The lowest BCUT2D eigenvalue weighted by atomic mass is 9.99. The van der Waals surface area contributed by atoms with Crippen molar-refractivity contribution in [3.8, 4) is 0 Å². The maximum atomic E-state index is 11.9. The molecule has 1 heterocycles. The Morgan fingerprint density at radius 2 is 1.94 bits per heavy atom. The first-order chi connectivity index (χ1) is 8.58. The van der Waals surface area contributed by atoms with Crippen LogP contribution in [0.15, 0.2) is 0 Å². The molecule has 1 aliphatic heterocycles. The molecule has 0 spiro atoms. The van der Waals surface area contributed by atoms with Crippen LogP contribution in [0.4, 0.5) is 0 Å². The number of Topliss-reactive ketones (excluding diaryl/α,β-unsaturated/α-hetero) is 1. The molecule has 1 N–H and O–H groups in total. The topological polar surface area (TPSA) is 49.4 Å². The van der Waals surface area contributed by atoms with Crippen molar-refractivity contribution in [1.29, 1.82) is 0 Å². The highest BCUT2D eigenvalue weighted by Gasteiger charge is 2.27. The van der Waals surface area contributed by atoms with Gasteiger partial charge in [0, 0.05) is 6.04 Å². The Morgan fingerprint density at radius 1 is 1.28 bits per heavy atom. The summed E-state index contributed by atoms with van der Waals surface area (Å²) in [6, 6.07) is 0.212. The number of carbonyl (C=O) groups excluding carboxylic acids is 2. The van der Waals surface area contributed by atoms with E-state index in [0.717, 1.165) is 38.6 Å². The second kappa shape index (κ2) is 7.52. The van der Waals surface area contributed by atoms with Gasteiger partial charge in [0.15, 0.2) is 0 Å². The zero-order valence-electron chi connectivity index (χ0n) is 11.9. The van der Waals surface area contributed by atoms with Crippen molar-refractivity contribution in [2.75, 3.05) is 13.1 Å². The van der Waals surface area contributed by atoms with E-state index in [0.29, 0.717) is 6.54 Å². The molecule has 1 atom stereocenters. The minimum Gasteiger partial charge on any atom is -0.352 e. The number of hydrogen-bond acceptors (Lipinski definition) is 3. The number of nitrogens with zero attached hydrogens (tertiary/aromatic N) is 1. The van der Waals surface area contributed by atoms with Crippen LogP contribution >= 0.6 is 0 Å². The summed E-state index contributed by atoms with van der Waals surface area (Å²) in [5.74, 6) is 0.238. The second-order valence-corrected chi connectivity index (χ2v) is 5.17. The van der Waals surface area contributed by atoms with Gasteiger partial charge in [-0.2, -0.15) is 0 Å². The highest BCUT2D eigenvalue weighted by atomic mass is 16.2. The van der Waals surface area contributed by atoms with E-state index in [9.17, 15) is 9.59 Å². The number of rotatable bonds is 6. The monoisotopic (exact) mass is 254 g/mol. The Bertz CT molecular complexity index is 288. The third-order valence-corrected chi connectivity index (χ3v) is 3.78. The molecule has 0 aliphatic carbocycles. The van der Waals surface area contributed by atoms with Crippen LogP contribution in [0.2, 0.25) is 0 Å². The molecule has 0 radical (unpaired) electrons. The molecule has 0 saturated carbocycles. The first-order valence-electron chi connectivity index (χ1n) is 7.12. The van der Waals surface area contributed by atoms with Gasteiger partial charge in [-0.05, 0) is 39.2 Å². The Kier molecular flexibility index (Phi) is 6.33. The summed E-state index contributed by atoms with van der Waals surface area (Å²) in [5, 5.41) is 3.03. The summed E-state index contributed by atoms with van der Waals surface area (Å²) in [5.41, 5.74) is 0. The number of piperidine rings is 1. The zero-order chi connectivity index (χ0) is 13.5. The highest BCUT2D eigenvalue weighted by molar-refractivity contribution is 5.83. The average Bonchev–Trinajstić information content (AvgIpc) is 2.36. The van der Waals surface area contributed by atoms with Crippen LogP contribution in [0.1, 0.15) is 52.9 Å². The standard InChI is InChI=1S/C14H26N2O2/c1-4-12(5-2)15-14(18)10-16-9-7-6-8-13(16)11(3)17/h12-13H,4-10H2,1-3H3,(H,15,18). The lowest BCUT2D eigenvalue weighted by molar-refractivity contribution is -0.127. The molecule has 18 heavy (non-hydrogen) atoms. The van der Waals surface area contributed by atoms with Gasteiger partial charge in [0.25, 0.3) is 0 Å². The minimum atomic E-state index is -0.0498. The van der Waals surface area contributed by atoms with Crippen molar-refractivity contribution in [3.05, 3.63) is 0 Å². The molecule has 1 amide bonds. The van der Waals surface area contributed by atoms with Crippen LogP contribution in [0.5, 0.6) is 0 Å². The van der Waals surface area contributed by atoms with E-state index in [2.05, 4.69) is 19.2 Å². The third kappa shape index (κ3) is 4.41. The largest absolute Gasteiger partial charge is 0.352 e. The van der Waals surface area contributed by atoms with Crippen molar-refractivity contribution < 1.29 is 9.59 Å². The predicted molar refractivity (Wildman–Crippen MR) is 72.4 cm³/mol. The van der Waals surface area contributed by atoms with E-state index in [-0.39, 0.29) is 23.8 Å². The summed E-state index contributed by atoms with van der Waals surface area (Å²) in [7, 11) is 0. The first-order valence-corrected chi connectivity index (χ1v) is 7.12. The van der Waals surface area contributed by atoms with Gasteiger partial charge in [0.1, 0.15) is 5.78 Å². The fourth-order valence-corrected chi connectivity index (χ4v) is 2.59. The molecule has 0 aromatic carbocycles. The quantitative estimate of drug-likeness (QED) is 0.785. The number of nitrogens with one attached hydrogen (secondary N) is 1. The normalized spacial score (nSPS) is 21.0. The number of ketones is 1. The molecule has 0 aromatic heterocycles. The number of likely N-dealkylation sites (tertiary alicyclic amines) is 1. The van der Waals surface area contributed by atoms with E-state index in [4.69, 9.17) is 0 Å². The lowest BCUT2D eigenvalue weighted by Crippen LogP contribution is -2.49. The van der Waals surface area contributed by atoms with Crippen LogP contribution in [0, 0.1) is 0 Å². The number of hydrogen-bond donors (Lipinski definition) is 1. The SMILES string of the molecule is CCC(CC)NC(=O)CN1CCCCC1C(C)=O. The number of amides is 1. The van der Waals surface area contributed by atoms with Gasteiger partial charge < -0.3 is 5.32 Å². The van der Waals surface area contributed by atoms with E-state index in [1.54, 1.807) is 6.92 Å². The Morgan fingerprint density at radius 3 is 2.50 bits per heavy atom. The average molecular weight is 254 g/mol. The van der Waals surface area contributed by atoms with Crippen LogP contribution < -0.4 is 5.32 Å². The van der Waals surface area contributed by atoms with Crippen LogP contribution in [-0.4, -0.2) is 41.8 Å².